The van der Waals surface area contributed by atoms with Gasteiger partial charge in [0.05, 0.1) is 12.7 Å². The molecule has 1 saturated carbocycles. The molecule has 1 heterocycles. The number of hydrogen-bond donors (Lipinski definition) is 1. The van der Waals surface area contributed by atoms with E-state index in [4.69, 9.17) is 4.74 Å². The normalized spacial score (nSPS) is 24.2. The summed E-state index contributed by atoms with van der Waals surface area (Å²) >= 11 is 0. The zero-order valence-corrected chi connectivity index (χ0v) is 24.6. The Morgan fingerprint density at radius 3 is 1.84 bits per heavy atom. The van der Waals surface area contributed by atoms with Gasteiger partial charge in [-0.1, -0.05) is 48.9 Å². The van der Waals surface area contributed by atoms with E-state index in [0.717, 1.165) is 56.9 Å². The Labute approximate surface area is 253 Å². The van der Waals surface area contributed by atoms with E-state index in [1.165, 1.54) is 37.3 Å². The van der Waals surface area contributed by atoms with Crippen molar-refractivity contribution in [2.24, 2.45) is 11.8 Å². The molecule has 1 N–H and O–H groups in total. The first-order valence-electron chi connectivity index (χ1n) is 15.6. The van der Waals surface area contributed by atoms with E-state index in [1.807, 2.05) is 6.08 Å². The van der Waals surface area contributed by atoms with Gasteiger partial charge in [-0.25, -0.2) is 26.3 Å². The molecule has 0 spiro atoms. The molecule has 0 radical (unpaired) electrons. The number of hydrogen-bond acceptors (Lipinski definition) is 2. The zero-order valence-electron chi connectivity index (χ0n) is 24.6. The second kappa shape index (κ2) is 12.7. The highest BCUT2D eigenvalue weighted by Gasteiger charge is 2.32. The van der Waals surface area contributed by atoms with Gasteiger partial charge in [0.1, 0.15) is 6.10 Å². The number of aliphatic hydroxyl groups is 1. The average Bonchev–Trinajstić information content (AvgIpc) is 3.86. The van der Waals surface area contributed by atoms with Gasteiger partial charge in [0.25, 0.3) is 0 Å². The summed E-state index contributed by atoms with van der Waals surface area (Å²) in [4.78, 5) is 0. The third kappa shape index (κ3) is 6.08. The summed E-state index contributed by atoms with van der Waals surface area (Å²) in [5, 5.41) is 9.64. The summed E-state index contributed by atoms with van der Waals surface area (Å²) in [7, 11) is 0. The van der Waals surface area contributed by atoms with Crippen LogP contribution in [-0.2, 0) is 4.74 Å². The van der Waals surface area contributed by atoms with Gasteiger partial charge in [0, 0.05) is 27.8 Å². The fraction of sp³-hybridized carbons (Fsp3) is 0.444. The Kier molecular flexibility index (Phi) is 8.93. The summed E-state index contributed by atoms with van der Waals surface area (Å²) < 4.78 is 93.7. The van der Waals surface area contributed by atoms with Crippen molar-refractivity contribution < 1.29 is 36.2 Å². The molecule has 3 aromatic rings. The molecule has 0 aromatic heterocycles. The minimum atomic E-state index is -1.21. The molecule has 44 heavy (non-hydrogen) atoms. The Balaban J connectivity index is 1.03. The van der Waals surface area contributed by atoms with Crippen molar-refractivity contribution in [1.29, 1.82) is 0 Å². The van der Waals surface area contributed by atoms with Crippen LogP contribution in [0.25, 0.3) is 16.7 Å². The number of allylic oxidation sites excluding steroid dienone is 2. The Morgan fingerprint density at radius 1 is 0.682 bits per heavy atom. The van der Waals surface area contributed by atoms with E-state index in [1.54, 1.807) is 6.07 Å². The summed E-state index contributed by atoms with van der Waals surface area (Å²) in [5.41, 5.74) is 0.773. The number of aliphatic hydroxyl groups excluding tert-OH is 1. The lowest BCUT2D eigenvalue weighted by atomic mass is 9.75. The van der Waals surface area contributed by atoms with Crippen molar-refractivity contribution in [1.82, 2.24) is 0 Å². The molecule has 0 amide bonds. The molecule has 2 fully saturated rings. The molecular weight excluding hydrogens is 578 g/mol. The van der Waals surface area contributed by atoms with Crippen molar-refractivity contribution in [3.8, 4) is 11.1 Å². The Bertz CT molecular complexity index is 1570. The standard InChI is InChI=1S/C36H36F6O2/c1-19(43)24-12-13-25(32(38)31(24)37)22-8-4-20(5-9-22)2-3-21-6-10-23(11-7-21)26-14-15-27(34(40)33(26)39)28-16-17-29(30-18-44-30)36(42)35(28)41/h8,12-17,19-21,23,30,43H,2-7,9-11,18H2,1H3. The Hall–Kier alpha value is -3.10. The first-order chi connectivity index (χ1) is 21.1. The second-order valence-corrected chi connectivity index (χ2v) is 12.7. The van der Waals surface area contributed by atoms with E-state index < -0.39 is 47.1 Å². The third-order valence-electron chi connectivity index (χ3n) is 9.89. The average molecular weight is 615 g/mol. The van der Waals surface area contributed by atoms with Crippen LogP contribution in [0.1, 0.15) is 105 Å². The molecule has 8 heteroatoms. The minimum Gasteiger partial charge on any atom is -0.389 e. The fourth-order valence-corrected chi connectivity index (χ4v) is 7.10. The SMILES string of the molecule is CC(O)c1ccc(C2=CCC(CCC3CCC(c4ccc(-c5ccc(C6CO6)c(F)c5F)c(F)c4F)CC3)CC2)c(F)c1F. The molecule has 0 bridgehead atoms. The van der Waals surface area contributed by atoms with Gasteiger partial charge in [-0.2, -0.15) is 0 Å². The maximum atomic E-state index is 15.3. The maximum Gasteiger partial charge on any atom is 0.167 e. The number of epoxide rings is 1. The third-order valence-corrected chi connectivity index (χ3v) is 9.89. The molecule has 3 unspecified atom stereocenters. The van der Waals surface area contributed by atoms with E-state index in [0.29, 0.717) is 24.9 Å². The first-order valence-corrected chi connectivity index (χ1v) is 15.6. The molecule has 6 rings (SSSR count). The van der Waals surface area contributed by atoms with Gasteiger partial charge in [0.2, 0.25) is 0 Å². The summed E-state index contributed by atoms with van der Waals surface area (Å²) in [6, 6.07) is 8.48. The largest absolute Gasteiger partial charge is 0.389 e. The molecule has 1 saturated heterocycles. The van der Waals surface area contributed by atoms with Gasteiger partial charge in [-0.15, -0.1) is 0 Å². The summed E-state index contributed by atoms with van der Waals surface area (Å²) in [5.74, 6) is -5.56. The van der Waals surface area contributed by atoms with Crippen LogP contribution in [0.2, 0.25) is 0 Å². The van der Waals surface area contributed by atoms with Crippen LogP contribution in [-0.4, -0.2) is 11.7 Å². The molecule has 2 aliphatic carbocycles. The summed E-state index contributed by atoms with van der Waals surface area (Å²) in [6.07, 6.45) is 8.06. The number of rotatable bonds is 8. The zero-order chi connectivity index (χ0) is 31.1. The highest BCUT2D eigenvalue weighted by molar-refractivity contribution is 5.68. The van der Waals surface area contributed by atoms with Crippen molar-refractivity contribution >= 4 is 5.57 Å². The van der Waals surface area contributed by atoms with Crippen molar-refractivity contribution in [3.63, 3.8) is 0 Å². The maximum absolute atomic E-state index is 15.3. The Morgan fingerprint density at radius 2 is 1.25 bits per heavy atom. The van der Waals surface area contributed by atoms with Gasteiger partial charge in [-0.3, -0.25) is 0 Å². The quantitative estimate of drug-likeness (QED) is 0.202. The lowest BCUT2D eigenvalue weighted by molar-refractivity contribution is 0.192. The first kappa shape index (κ1) is 30.9. The number of benzene rings is 3. The smallest absolute Gasteiger partial charge is 0.167 e. The monoisotopic (exact) mass is 614 g/mol. The van der Waals surface area contributed by atoms with Crippen LogP contribution in [0, 0.1) is 46.7 Å². The van der Waals surface area contributed by atoms with Crippen molar-refractivity contribution in [2.45, 2.75) is 82.8 Å². The molecule has 1 aliphatic heterocycles. The van der Waals surface area contributed by atoms with Crippen molar-refractivity contribution in [2.75, 3.05) is 6.61 Å². The van der Waals surface area contributed by atoms with Gasteiger partial charge in [-0.05, 0) is 87.2 Å². The van der Waals surface area contributed by atoms with Crippen LogP contribution in [0.15, 0.2) is 42.5 Å². The van der Waals surface area contributed by atoms with E-state index in [9.17, 15) is 22.7 Å². The van der Waals surface area contributed by atoms with Gasteiger partial charge >= 0.3 is 0 Å². The molecule has 234 valence electrons. The van der Waals surface area contributed by atoms with E-state index in [2.05, 4.69) is 0 Å². The van der Waals surface area contributed by atoms with Crippen LogP contribution in [0.3, 0.4) is 0 Å². The van der Waals surface area contributed by atoms with Gasteiger partial charge < -0.3 is 9.84 Å². The molecule has 3 atom stereocenters. The molecule has 3 aliphatic rings. The molecule has 2 nitrogen and oxygen atoms in total. The number of halogens is 6. The van der Waals surface area contributed by atoms with E-state index >= 15 is 8.78 Å². The predicted octanol–water partition coefficient (Wildman–Crippen LogP) is 10.3. The highest BCUT2D eigenvalue weighted by atomic mass is 19.2. The fourth-order valence-electron chi connectivity index (χ4n) is 7.10. The second-order valence-electron chi connectivity index (χ2n) is 12.7. The lowest BCUT2D eigenvalue weighted by Gasteiger charge is -2.31. The van der Waals surface area contributed by atoms with Crippen LogP contribution < -0.4 is 0 Å². The molecule has 3 aromatic carbocycles. The topological polar surface area (TPSA) is 32.8 Å². The lowest BCUT2D eigenvalue weighted by Crippen LogP contribution is -2.16. The predicted molar refractivity (Wildman–Crippen MR) is 157 cm³/mol. The highest BCUT2D eigenvalue weighted by Crippen LogP contribution is 2.43. The van der Waals surface area contributed by atoms with Gasteiger partial charge in [0.15, 0.2) is 34.9 Å². The minimum absolute atomic E-state index is 0.0438. The van der Waals surface area contributed by atoms with Crippen LogP contribution >= 0.6 is 0 Å². The van der Waals surface area contributed by atoms with Crippen LogP contribution in [0.4, 0.5) is 26.3 Å². The van der Waals surface area contributed by atoms with Crippen molar-refractivity contribution in [3.05, 3.63) is 99.6 Å². The molecular formula is C36H36F6O2. The number of ether oxygens (including phenoxy) is 1. The van der Waals surface area contributed by atoms with E-state index in [-0.39, 0.29) is 39.3 Å². The summed E-state index contributed by atoms with van der Waals surface area (Å²) in [6.45, 7) is 1.71. The van der Waals surface area contributed by atoms with Crippen LogP contribution in [0.5, 0.6) is 0 Å².